The summed E-state index contributed by atoms with van der Waals surface area (Å²) in [5, 5.41) is 2.86. The third-order valence-electron chi connectivity index (χ3n) is 3.35. The number of benzene rings is 1. The van der Waals surface area contributed by atoms with E-state index in [-0.39, 0.29) is 17.0 Å². The lowest BCUT2D eigenvalue weighted by Crippen LogP contribution is -2.27. The number of aryl methyl sites for hydroxylation is 3. The molecule has 1 N–H and O–H groups in total. The van der Waals surface area contributed by atoms with Crippen molar-refractivity contribution in [1.82, 2.24) is 4.57 Å². The summed E-state index contributed by atoms with van der Waals surface area (Å²) in [6.07, 6.45) is 2.45. The Morgan fingerprint density at radius 2 is 2.00 bits per heavy atom. The number of carbonyl (C=O) groups is 1. The summed E-state index contributed by atoms with van der Waals surface area (Å²) >= 11 is 0. The molecule has 1 heterocycles. The zero-order chi connectivity index (χ0) is 14.7. The number of nitrogens with zero attached hydrogens (tertiary/aromatic N) is 1. The van der Waals surface area contributed by atoms with Gasteiger partial charge in [-0.25, -0.2) is 0 Å². The predicted octanol–water partition coefficient (Wildman–Crippen LogP) is 2.51. The fourth-order valence-electron chi connectivity index (χ4n) is 2.15. The van der Waals surface area contributed by atoms with Crippen molar-refractivity contribution >= 4 is 11.6 Å². The highest BCUT2D eigenvalue weighted by Gasteiger charge is 2.13. The number of anilines is 1. The van der Waals surface area contributed by atoms with Gasteiger partial charge in [-0.15, -0.1) is 0 Å². The van der Waals surface area contributed by atoms with Crippen molar-refractivity contribution in [3.8, 4) is 0 Å². The van der Waals surface area contributed by atoms with Gasteiger partial charge < -0.3 is 9.88 Å². The average molecular weight is 270 g/mol. The fourth-order valence-corrected chi connectivity index (χ4v) is 2.15. The van der Waals surface area contributed by atoms with Crippen LogP contribution in [0.2, 0.25) is 0 Å². The summed E-state index contributed by atoms with van der Waals surface area (Å²) in [5.74, 6) is -0.366. The Morgan fingerprint density at radius 3 is 2.70 bits per heavy atom. The molecule has 0 saturated carbocycles. The Hall–Kier alpha value is -2.36. The molecule has 1 aromatic heterocycles. The molecule has 1 amide bonds. The molecule has 4 heteroatoms. The van der Waals surface area contributed by atoms with Gasteiger partial charge in [-0.3, -0.25) is 9.59 Å². The minimum atomic E-state index is -0.366. The lowest BCUT2D eigenvalue weighted by Gasteiger charge is -2.13. The van der Waals surface area contributed by atoms with Gasteiger partial charge in [0.25, 0.3) is 11.5 Å². The molecule has 0 unspecified atom stereocenters. The van der Waals surface area contributed by atoms with E-state index in [4.69, 9.17) is 0 Å². The van der Waals surface area contributed by atoms with E-state index in [9.17, 15) is 9.59 Å². The van der Waals surface area contributed by atoms with Gasteiger partial charge in [-0.05, 0) is 36.6 Å². The van der Waals surface area contributed by atoms with E-state index in [1.807, 2.05) is 32.0 Å². The van der Waals surface area contributed by atoms with E-state index < -0.39 is 0 Å². The van der Waals surface area contributed by atoms with E-state index in [2.05, 4.69) is 5.32 Å². The topological polar surface area (TPSA) is 51.1 Å². The van der Waals surface area contributed by atoms with Gasteiger partial charge in [-0.2, -0.15) is 0 Å². The SMILES string of the molecule is CCc1cccc(C)c1NC(=O)c1cccn(C)c1=O. The van der Waals surface area contributed by atoms with Gasteiger partial charge in [0.05, 0.1) is 0 Å². The molecular formula is C16H18N2O2. The van der Waals surface area contributed by atoms with Crippen molar-refractivity contribution in [3.05, 3.63) is 63.6 Å². The van der Waals surface area contributed by atoms with Crippen molar-refractivity contribution in [1.29, 1.82) is 0 Å². The Bertz CT molecular complexity index is 702. The molecule has 0 fully saturated rings. The molecule has 0 aliphatic rings. The van der Waals surface area contributed by atoms with Crippen LogP contribution in [-0.4, -0.2) is 10.5 Å². The number of hydrogen-bond acceptors (Lipinski definition) is 2. The van der Waals surface area contributed by atoms with Gasteiger partial charge in [0.1, 0.15) is 5.56 Å². The van der Waals surface area contributed by atoms with Crippen molar-refractivity contribution in [2.45, 2.75) is 20.3 Å². The van der Waals surface area contributed by atoms with Crippen LogP contribution in [0.1, 0.15) is 28.4 Å². The number of aromatic nitrogens is 1. The first kappa shape index (κ1) is 14.1. The van der Waals surface area contributed by atoms with Gasteiger partial charge in [0.2, 0.25) is 0 Å². The summed E-state index contributed by atoms with van der Waals surface area (Å²) in [6.45, 7) is 3.98. The molecule has 0 spiro atoms. The number of carbonyl (C=O) groups excluding carboxylic acids is 1. The summed E-state index contributed by atoms with van der Waals surface area (Å²) in [5.41, 5.74) is 2.71. The van der Waals surface area contributed by atoms with Crippen LogP contribution in [0.5, 0.6) is 0 Å². The highest BCUT2D eigenvalue weighted by atomic mass is 16.2. The molecule has 4 nitrogen and oxygen atoms in total. The average Bonchev–Trinajstić information content (AvgIpc) is 2.44. The summed E-state index contributed by atoms with van der Waals surface area (Å²) in [4.78, 5) is 24.2. The molecule has 104 valence electrons. The van der Waals surface area contributed by atoms with E-state index >= 15 is 0 Å². The van der Waals surface area contributed by atoms with Crippen LogP contribution in [0.3, 0.4) is 0 Å². The molecule has 0 saturated heterocycles. The second-order valence-corrected chi connectivity index (χ2v) is 4.75. The van der Waals surface area contributed by atoms with E-state index in [1.54, 1.807) is 25.4 Å². The second-order valence-electron chi connectivity index (χ2n) is 4.75. The van der Waals surface area contributed by atoms with Gasteiger partial charge in [0, 0.05) is 18.9 Å². The van der Waals surface area contributed by atoms with Gasteiger partial charge >= 0.3 is 0 Å². The lowest BCUT2D eigenvalue weighted by molar-refractivity contribution is 0.102. The minimum absolute atomic E-state index is 0.153. The van der Waals surface area contributed by atoms with Crippen molar-refractivity contribution in [3.63, 3.8) is 0 Å². The van der Waals surface area contributed by atoms with Crippen LogP contribution in [-0.2, 0) is 13.5 Å². The predicted molar refractivity (Wildman–Crippen MR) is 80.2 cm³/mol. The van der Waals surface area contributed by atoms with Crippen LogP contribution in [0.4, 0.5) is 5.69 Å². The molecular weight excluding hydrogens is 252 g/mol. The first-order chi connectivity index (χ1) is 9.54. The molecule has 0 bridgehead atoms. The molecule has 0 radical (unpaired) electrons. The number of hydrogen-bond donors (Lipinski definition) is 1. The summed E-state index contributed by atoms with van der Waals surface area (Å²) in [7, 11) is 1.63. The number of para-hydroxylation sites is 1. The van der Waals surface area contributed by atoms with Crippen molar-refractivity contribution in [2.24, 2.45) is 7.05 Å². The maximum absolute atomic E-state index is 12.3. The lowest BCUT2D eigenvalue weighted by atomic mass is 10.1. The standard InChI is InChI=1S/C16H18N2O2/c1-4-12-8-5-7-11(2)14(12)17-15(19)13-9-6-10-18(3)16(13)20/h5-10H,4H2,1-3H3,(H,17,19). The molecule has 1 aromatic carbocycles. The molecule has 0 aliphatic heterocycles. The number of nitrogens with one attached hydrogen (secondary N) is 1. The first-order valence-corrected chi connectivity index (χ1v) is 6.60. The molecule has 0 aliphatic carbocycles. The van der Waals surface area contributed by atoms with Crippen LogP contribution >= 0.6 is 0 Å². The van der Waals surface area contributed by atoms with Gasteiger partial charge in [0.15, 0.2) is 0 Å². The van der Waals surface area contributed by atoms with Crippen LogP contribution in [0.25, 0.3) is 0 Å². The molecule has 2 rings (SSSR count). The fraction of sp³-hybridized carbons (Fsp3) is 0.250. The largest absolute Gasteiger partial charge is 0.321 e. The monoisotopic (exact) mass is 270 g/mol. The Balaban J connectivity index is 2.38. The van der Waals surface area contributed by atoms with Crippen molar-refractivity contribution in [2.75, 3.05) is 5.32 Å². The van der Waals surface area contributed by atoms with Crippen LogP contribution in [0, 0.1) is 6.92 Å². The third-order valence-corrected chi connectivity index (χ3v) is 3.35. The molecule has 0 atom stereocenters. The van der Waals surface area contributed by atoms with E-state index in [0.29, 0.717) is 0 Å². The van der Waals surface area contributed by atoms with E-state index in [1.165, 1.54) is 4.57 Å². The Morgan fingerprint density at radius 1 is 1.25 bits per heavy atom. The molecule has 2 aromatic rings. The normalized spacial score (nSPS) is 10.3. The van der Waals surface area contributed by atoms with Crippen LogP contribution in [0.15, 0.2) is 41.3 Å². The Labute approximate surface area is 118 Å². The highest BCUT2D eigenvalue weighted by molar-refractivity contribution is 6.04. The van der Waals surface area contributed by atoms with Crippen molar-refractivity contribution < 1.29 is 4.79 Å². The van der Waals surface area contributed by atoms with Gasteiger partial charge in [-0.1, -0.05) is 25.1 Å². The Kier molecular flexibility index (Phi) is 4.03. The first-order valence-electron chi connectivity index (χ1n) is 6.60. The summed E-state index contributed by atoms with van der Waals surface area (Å²) < 4.78 is 1.40. The molecule has 20 heavy (non-hydrogen) atoms. The zero-order valence-electron chi connectivity index (χ0n) is 11.9. The minimum Gasteiger partial charge on any atom is -0.321 e. The maximum Gasteiger partial charge on any atom is 0.263 e. The number of amides is 1. The smallest absolute Gasteiger partial charge is 0.263 e. The number of rotatable bonds is 3. The zero-order valence-corrected chi connectivity index (χ0v) is 11.9. The summed E-state index contributed by atoms with van der Waals surface area (Å²) in [6, 6.07) is 9.12. The maximum atomic E-state index is 12.3. The quantitative estimate of drug-likeness (QED) is 0.931. The second kappa shape index (κ2) is 5.74. The van der Waals surface area contributed by atoms with Crippen LogP contribution < -0.4 is 10.9 Å². The third kappa shape index (κ3) is 2.64. The van der Waals surface area contributed by atoms with E-state index in [0.717, 1.165) is 23.2 Å². The number of pyridine rings is 1. The highest BCUT2D eigenvalue weighted by Crippen LogP contribution is 2.21.